The molecule has 3 heterocycles. The summed E-state index contributed by atoms with van der Waals surface area (Å²) < 4.78 is 52.3. The monoisotopic (exact) mass is 524 g/mol. The molecule has 1 aromatic carbocycles. The number of carbonyl (C=O) groups is 2. The smallest absolute Gasteiger partial charge is 0.480 e. The van der Waals surface area contributed by atoms with Crippen molar-refractivity contribution in [1.29, 1.82) is 0 Å². The number of aliphatic imine (C=N–C) groups is 1. The van der Waals surface area contributed by atoms with Gasteiger partial charge in [-0.25, -0.2) is 27.9 Å². The van der Waals surface area contributed by atoms with Gasteiger partial charge in [0, 0.05) is 24.0 Å². The van der Waals surface area contributed by atoms with Gasteiger partial charge in [-0.2, -0.15) is 0 Å². The van der Waals surface area contributed by atoms with E-state index < -0.39 is 48.4 Å². The van der Waals surface area contributed by atoms with Gasteiger partial charge in [0.25, 0.3) is 5.92 Å². The fraction of sp³-hybridized carbons (Fsp3) is 0.391. The highest BCUT2D eigenvalue weighted by Gasteiger charge is 2.50. The number of carboxylic acids is 1. The van der Waals surface area contributed by atoms with E-state index in [1.807, 2.05) is 6.92 Å². The van der Waals surface area contributed by atoms with Crippen LogP contribution in [-0.2, 0) is 19.8 Å². The van der Waals surface area contributed by atoms with Crippen molar-refractivity contribution in [3.8, 4) is 0 Å². The first kappa shape index (κ1) is 25.6. The molecule has 36 heavy (non-hydrogen) atoms. The van der Waals surface area contributed by atoms with Crippen molar-refractivity contribution < 1.29 is 37.3 Å². The number of halogens is 3. The molecule has 4 rings (SSSR count). The molecule has 0 aliphatic carbocycles. The average molecular weight is 525 g/mol. The molecule has 2 aromatic rings. The SMILES string of the molecule is COC(=O)OC1=C(CN2CC(F)(F)C[C@H]2C(=O)O)NC(c2ncc(C)s2)=NC1(C)c1ccc(F)cc1. The molecule has 2 aliphatic rings. The summed E-state index contributed by atoms with van der Waals surface area (Å²) in [6.45, 7) is 2.30. The molecule has 0 saturated carbocycles. The quantitative estimate of drug-likeness (QED) is 0.551. The Morgan fingerprint density at radius 1 is 1.31 bits per heavy atom. The molecule has 1 fully saturated rings. The third-order valence-electron chi connectivity index (χ3n) is 5.92. The molecular formula is C23H23F3N4O5S. The molecule has 2 N–H and O–H groups in total. The van der Waals surface area contributed by atoms with Crippen molar-refractivity contribution in [2.45, 2.75) is 37.8 Å². The summed E-state index contributed by atoms with van der Waals surface area (Å²) in [6.07, 6.45) is -0.321. The first-order chi connectivity index (χ1) is 16.9. The number of aryl methyl sites for hydroxylation is 1. The Kier molecular flexibility index (Phi) is 6.80. The number of hydrogen-bond donors (Lipinski definition) is 2. The summed E-state index contributed by atoms with van der Waals surface area (Å²) in [5.41, 5.74) is -0.902. The van der Waals surface area contributed by atoms with Crippen LogP contribution in [0.5, 0.6) is 0 Å². The zero-order valence-corrected chi connectivity index (χ0v) is 20.4. The van der Waals surface area contributed by atoms with Gasteiger partial charge in [0.1, 0.15) is 17.4 Å². The van der Waals surface area contributed by atoms with E-state index in [9.17, 15) is 27.9 Å². The molecule has 1 aromatic heterocycles. The van der Waals surface area contributed by atoms with Crippen LogP contribution in [0.3, 0.4) is 0 Å². The van der Waals surface area contributed by atoms with Crippen LogP contribution in [0.2, 0.25) is 0 Å². The lowest BCUT2D eigenvalue weighted by Crippen LogP contribution is -2.46. The van der Waals surface area contributed by atoms with Crippen LogP contribution in [0.1, 0.15) is 28.8 Å². The Hall–Kier alpha value is -3.45. The Balaban J connectivity index is 1.86. The predicted octanol–water partition coefficient (Wildman–Crippen LogP) is 3.64. The van der Waals surface area contributed by atoms with E-state index in [-0.39, 0.29) is 23.8 Å². The maximum absolute atomic E-state index is 14.2. The van der Waals surface area contributed by atoms with Crippen LogP contribution in [0.4, 0.5) is 18.0 Å². The average Bonchev–Trinajstić information content (AvgIpc) is 3.38. The molecule has 1 unspecified atom stereocenters. The van der Waals surface area contributed by atoms with Crippen molar-refractivity contribution in [1.82, 2.24) is 15.2 Å². The number of carbonyl (C=O) groups excluding carboxylic acids is 1. The largest absolute Gasteiger partial charge is 0.513 e. The van der Waals surface area contributed by atoms with E-state index in [1.165, 1.54) is 35.6 Å². The van der Waals surface area contributed by atoms with Gasteiger partial charge in [0.15, 0.2) is 16.6 Å². The van der Waals surface area contributed by atoms with Crippen LogP contribution >= 0.6 is 11.3 Å². The number of thiazole rings is 1. The van der Waals surface area contributed by atoms with Gasteiger partial charge in [-0.05, 0) is 31.5 Å². The number of methoxy groups -OCH3 is 1. The van der Waals surface area contributed by atoms with Gasteiger partial charge < -0.3 is 19.9 Å². The number of ether oxygens (including phenoxy) is 2. The number of nitrogens with one attached hydrogen (secondary N) is 1. The first-order valence-corrected chi connectivity index (χ1v) is 11.6. The third kappa shape index (κ3) is 5.07. The topological polar surface area (TPSA) is 113 Å². The number of nitrogens with zero attached hydrogens (tertiary/aromatic N) is 3. The molecule has 1 saturated heterocycles. The molecule has 0 bridgehead atoms. The highest BCUT2D eigenvalue weighted by molar-refractivity contribution is 7.13. The minimum Gasteiger partial charge on any atom is -0.480 e. The number of amidine groups is 1. The lowest BCUT2D eigenvalue weighted by atomic mass is 9.88. The van der Waals surface area contributed by atoms with Crippen LogP contribution in [0, 0.1) is 12.7 Å². The number of hydrogen-bond acceptors (Lipinski definition) is 9. The lowest BCUT2D eigenvalue weighted by Gasteiger charge is -2.36. The summed E-state index contributed by atoms with van der Waals surface area (Å²) in [5.74, 6) is -4.96. The van der Waals surface area contributed by atoms with E-state index in [0.717, 1.165) is 16.9 Å². The Morgan fingerprint density at radius 2 is 2.00 bits per heavy atom. The van der Waals surface area contributed by atoms with Gasteiger partial charge in [0.2, 0.25) is 0 Å². The zero-order valence-electron chi connectivity index (χ0n) is 19.5. The Labute approximate surface area is 208 Å². The second-order valence-electron chi connectivity index (χ2n) is 8.62. The number of aromatic nitrogens is 1. The van der Waals surface area contributed by atoms with Crippen molar-refractivity contribution in [3.63, 3.8) is 0 Å². The number of aliphatic carboxylic acids is 1. The van der Waals surface area contributed by atoms with E-state index in [2.05, 4.69) is 15.0 Å². The minimum absolute atomic E-state index is 0.0997. The molecule has 0 amide bonds. The molecule has 2 aliphatic heterocycles. The second kappa shape index (κ2) is 9.54. The third-order valence-corrected chi connectivity index (χ3v) is 6.84. The molecule has 192 valence electrons. The molecular weight excluding hydrogens is 501 g/mol. The fourth-order valence-electron chi connectivity index (χ4n) is 4.23. The number of likely N-dealkylation sites (tertiary alicyclic amines) is 1. The van der Waals surface area contributed by atoms with Gasteiger partial charge in [-0.1, -0.05) is 12.1 Å². The summed E-state index contributed by atoms with van der Waals surface area (Å²) in [6, 6.07) is 3.87. The lowest BCUT2D eigenvalue weighted by molar-refractivity contribution is -0.142. The van der Waals surface area contributed by atoms with Crippen LogP contribution in [-0.4, -0.2) is 65.1 Å². The maximum Gasteiger partial charge on any atom is 0.513 e. The standard InChI is InChI=1S/C23H23F3N4O5S/c1-12-9-27-19(36-12)18-28-15(10-30-11-23(25,26)8-16(30)20(31)32)17(35-21(33)34-3)22(2,29-18)13-4-6-14(24)7-5-13/h4-7,9,16H,8,10-11H2,1-3H3,(H,28,29)(H,31,32)/t16-,22?/m0/s1. The van der Waals surface area contributed by atoms with E-state index in [4.69, 9.17) is 9.73 Å². The maximum atomic E-state index is 14.2. The van der Waals surface area contributed by atoms with Crippen molar-refractivity contribution in [2.75, 3.05) is 20.2 Å². The molecule has 2 atom stereocenters. The van der Waals surface area contributed by atoms with Crippen molar-refractivity contribution >= 4 is 29.3 Å². The molecule has 13 heteroatoms. The fourth-order valence-corrected chi connectivity index (χ4v) is 4.93. The van der Waals surface area contributed by atoms with Crippen LogP contribution < -0.4 is 5.32 Å². The highest BCUT2D eigenvalue weighted by Crippen LogP contribution is 2.40. The second-order valence-corrected chi connectivity index (χ2v) is 9.86. The number of benzene rings is 1. The number of carboxylic acid groups (broad SMARTS) is 1. The van der Waals surface area contributed by atoms with Gasteiger partial charge in [-0.15, -0.1) is 11.3 Å². The predicted molar refractivity (Wildman–Crippen MR) is 123 cm³/mol. The van der Waals surface area contributed by atoms with E-state index in [0.29, 0.717) is 10.6 Å². The minimum atomic E-state index is -3.22. The van der Waals surface area contributed by atoms with Gasteiger partial charge in [-0.3, -0.25) is 9.69 Å². The van der Waals surface area contributed by atoms with E-state index in [1.54, 1.807) is 13.1 Å². The summed E-state index contributed by atoms with van der Waals surface area (Å²) >= 11 is 1.32. The molecule has 9 nitrogen and oxygen atoms in total. The Morgan fingerprint density at radius 3 is 2.58 bits per heavy atom. The van der Waals surface area contributed by atoms with Crippen molar-refractivity contribution in [2.24, 2.45) is 4.99 Å². The van der Waals surface area contributed by atoms with Crippen LogP contribution in [0.25, 0.3) is 0 Å². The van der Waals surface area contributed by atoms with Gasteiger partial charge in [0.05, 0.1) is 19.4 Å². The normalized spacial score (nSPS) is 23.7. The van der Waals surface area contributed by atoms with E-state index >= 15 is 0 Å². The summed E-state index contributed by atoms with van der Waals surface area (Å²) in [4.78, 5) is 35.0. The van der Waals surface area contributed by atoms with Gasteiger partial charge >= 0.3 is 12.1 Å². The van der Waals surface area contributed by atoms with Crippen molar-refractivity contribution in [3.05, 3.63) is 63.2 Å². The summed E-state index contributed by atoms with van der Waals surface area (Å²) in [5, 5.41) is 13.0. The summed E-state index contributed by atoms with van der Waals surface area (Å²) in [7, 11) is 1.10. The molecule has 0 radical (unpaired) electrons. The number of alkyl halides is 2. The zero-order chi connectivity index (χ0) is 26.3. The highest BCUT2D eigenvalue weighted by atomic mass is 32.1. The Bertz CT molecular complexity index is 1250. The molecule has 0 spiro atoms. The number of rotatable bonds is 6. The van der Waals surface area contributed by atoms with Crippen LogP contribution in [0.15, 0.2) is 46.9 Å². The first-order valence-electron chi connectivity index (χ1n) is 10.8.